The molecule has 1 saturated heterocycles. The van der Waals surface area contributed by atoms with Gasteiger partial charge in [-0.15, -0.1) is 0 Å². The fraction of sp³-hybridized carbons (Fsp3) is 0.471. The molecule has 1 aliphatic carbocycles. The van der Waals surface area contributed by atoms with Crippen LogP contribution in [0.1, 0.15) is 23.5 Å². The summed E-state index contributed by atoms with van der Waals surface area (Å²) in [6.45, 7) is 0.309. The maximum absolute atomic E-state index is 13.1. The summed E-state index contributed by atoms with van der Waals surface area (Å²) in [5.74, 6) is -0.456. The Labute approximate surface area is 129 Å². The number of benzene rings is 1. The molecule has 0 saturated carbocycles. The molecule has 2 aromatic rings. The number of hydroxylamine groups is 3. The Kier molecular flexibility index (Phi) is 2.86. The zero-order valence-electron chi connectivity index (χ0n) is 12.8. The van der Waals surface area contributed by atoms with Crippen molar-refractivity contribution >= 4 is 16.9 Å². The molecular weight excluding hydrogens is 280 g/mol. The normalized spacial score (nSPS) is 33.5. The Balaban J connectivity index is 1.83. The van der Waals surface area contributed by atoms with Gasteiger partial charge in [0.1, 0.15) is 5.92 Å². The summed E-state index contributed by atoms with van der Waals surface area (Å²) < 4.78 is 4.53. The Bertz CT molecular complexity index is 749. The fourth-order valence-electron chi connectivity index (χ4n) is 4.48. The maximum atomic E-state index is 13.1. The third-order valence-electron chi connectivity index (χ3n) is 5.47. The van der Waals surface area contributed by atoms with Crippen LogP contribution in [0.3, 0.4) is 0 Å². The summed E-state index contributed by atoms with van der Waals surface area (Å²) in [5.41, 5.74) is 3.55. The zero-order valence-corrected chi connectivity index (χ0v) is 12.8. The van der Waals surface area contributed by atoms with Gasteiger partial charge in [-0.2, -0.15) is 0 Å². The van der Waals surface area contributed by atoms with Gasteiger partial charge in [0.25, 0.3) is 0 Å². The van der Waals surface area contributed by atoms with Crippen LogP contribution in [0.5, 0.6) is 0 Å². The van der Waals surface area contributed by atoms with Crippen LogP contribution in [0.25, 0.3) is 10.9 Å². The number of fused-ring (bicyclic) bond motifs is 2. The number of rotatable bonds is 1. The van der Waals surface area contributed by atoms with Crippen LogP contribution in [-0.2, 0) is 16.0 Å². The number of hydrogen-bond donors (Lipinski definition) is 1. The number of H-pyrrole nitrogens is 1. The second-order valence-corrected chi connectivity index (χ2v) is 6.77. The van der Waals surface area contributed by atoms with Gasteiger partial charge in [-0.25, -0.2) is 0 Å². The molecule has 22 heavy (non-hydrogen) atoms. The number of carbonyl (C=O) groups excluding carboxylic acids is 1. The molecule has 1 aromatic carbocycles. The van der Waals surface area contributed by atoms with E-state index in [0.717, 1.165) is 11.9 Å². The average Bonchev–Trinajstić information content (AvgIpc) is 2.92. The second kappa shape index (κ2) is 4.57. The lowest BCUT2D eigenvalue weighted by Gasteiger charge is -2.54. The predicted molar refractivity (Wildman–Crippen MR) is 83.1 cm³/mol. The average molecular weight is 300 g/mol. The highest BCUT2D eigenvalue weighted by molar-refractivity contribution is 5.88. The van der Waals surface area contributed by atoms with E-state index >= 15 is 0 Å². The summed E-state index contributed by atoms with van der Waals surface area (Å²) in [4.78, 5) is 15.3. The molecule has 4 atom stereocenters. The number of quaternary nitrogens is 1. The SMILES string of the molecule is COC(=O)[C@@H]1C[C@@H]2c3cccc4[nH]cc(c34)C[C@H]2[N+](C)([O-])C1. The number of nitrogens with zero attached hydrogens (tertiary/aromatic N) is 1. The minimum atomic E-state index is -0.370. The summed E-state index contributed by atoms with van der Waals surface area (Å²) in [5, 5.41) is 14.3. The number of aromatic amines is 1. The van der Waals surface area contributed by atoms with Crippen molar-refractivity contribution in [1.82, 2.24) is 4.98 Å². The highest BCUT2D eigenvalue weighted by Crippen LogP contribution is 2.46. The van der Waals surface area contributed by atoms with Gasteiger partial charge in [0.05, 0.1) is 26.7 Å². The molecule has 1 N–H and O–H groups in total. The number of methoxy groups -OCH3 is 1. The standard InChI is InChI=1S/C17H20N2O3/c1-19(21)9-11(17(20)22-2)6-13-12-4-3-5-14-16(12)10(8-18-14)7-15(13)19/h3-5,8,11,13,15,18H,6-7,9H2,1-2H3/t11-,13-,15-,19?/m1/s1. The molecule has 4 rings (SSSR count). The van der Waals surface area contributed by atoms with Gasteiger partial charge >= 0.3 is 5.97 Å². The second-order valence-electron chi connectivity index (χ2n) is 6.77. The first-order valence-corrected chi connectivity index (χ1v) is 7.74. The first-order valence-electron chi connectivity index (χ1n) is 7.74. The molecule has 0 radical (unpaired) electrons. The van der Waals surface area contributed by atoms with Gasteiger partial charge in [0, 0.05) is 29.4 Å². The number of likely N-dealkylation sites (tertiary alicyclic amines) is 1. The Morgan fingerprint density at radius 3 is 3.05 bits per heavy atom. The molecular formula is C17H20N2O3. The lowest BCUT2D eigenvalue weighted by Crippen LogP contribution is -2.59. The van der Waals surface area contributed by atoms with Crippen LogP contribution in [-0.4, -0.2) is 42.3 Å². The molecule has 0 bridgehead atoms. The molecule has 5 heteroatoms. The number of likely N-dealkylation sites (N-methyl/N-ethyl adjacent to an activating group) is 1. The van der Waals surface area contributed by atoms with Crippen LogP contribution in [0, 0.1) is 11.1 Å². The van der Waals surface area contributed by atoms with E-state index in [-0.39, 0.29) is 28.5 Å². The number of aromatic nitrogens is 1. The topological polar surface area (TPSA) is 65.2 Å². The molecule has 1 fully saturated rings. The first kappa shape index (κ1) is 13.8. The van der Waals surface area contributed by atoms with Crippen molar-refractivity contribution in [2.24, 2.45) is 5.92 Å². The van der Waals surface area contributed by atoms with Crippen LogP contribution >= 0.6 is 0 Å². The largest absolute Gasteiger partial charge is 0.633 e. The van der Waals surface area contributed by atoms with Gasteiger partial charge in [0.2, 0.25) is 0 Å². The zero-order chi connectivity index (χ0) is 15.5. The number of carbonyl (C=O) groups is 1. The van der Waals surface area contributed by atoms with Crippen molar-refractivity contribution in [1.29, 1.82) is 0 Å². The van der Waals surface area contributed by atoms with Crippen molar-refractivity contribution in [3.63, 3.8) is 0 Å². The van der Waals surface area contributed by atoms with Crippen molar-refractivity contribution < 1.29 is 14.2 Å². The number of ether oxygens (including phenoxy) is 1. The maximum Gasteiger partial charge on any atom is 0.314 e. The summed E-state index contributed by atoms with van der Waals surface area (Å²) in [6.07, 6.45) is 3.50. The lowest BCUT2D eigenvalue weighted by molar-refractivity contribution is -0.896. The van der Waals surface area contributed by atoms with Gasteiger partial charge in [-0.05, 0) is 23.6 Å². The number of nitrogens with one attached hydrogen (secondary N) is 1. The molecule has 1 aromatic heterocycles. The van der Waals surface area contributed by atoms with Gasteiger partial charge in [-0.1, -0.05) is 12.1 Å². The van der Waals surface area contributed by atoms with Crippen LogP contribution < -0.4 is 0 Å². The Morgan fingerprint density at radius 1 is 1.45 bits per heavy atom. The fourth-order valence-corrected chi connectivity index (χ4v) is 4.48. The van der Waals surface area contributed by atoms with Gasteiger partial charge < -0.3 is 19.6 Å². The summed E-state index contributed by atoms with van der Waals surface area (Å²) >= 11 is 0. The molecule has 116 valence electrons. The van der Waals surface area contributed by atoms with Crippen molar-refractivity contribution in [2.75, 3.05) is 20.7 Å². The monoisotopic (exact) mass is 300 g/mol. The van der Waals surface area contributed by atoms with Crippen LogP contribution in [0.4, 0.5) is 0 Å². The van der Waals surface area contributed by atoms with Crippen molar-refractivity contribution in [3.05, 3.63) is 40.7 Å². The number of piperidine rings is 1. The van der Waals surface area contributed by atoms with E-state index < -0.39 is 0 Å². The number of hydrogen-bond acceptors (Lipinski definition) is 3. The molecule has 5 nitrogen and oxygen atoms in total. The Morgan fingerprint density at radius 2 is 2.27 bits per heavy atom. The van der Waals surface area contributed by atoms with E-state index in [2.05, 4.69) is 17.1 Å². The summed E-state index contributed by atoms with van der Waals surface area (Å²) in [6, 6.07) is 6.18. The molecule has 2 aliphatic rings. The quantitative estimate of drug-likeness (QED) is 0.499. The van der Waals surface area contributed by atoms with Crippen LogP contribution in [0.15, 0.2) is 24.4 Å². The first-order chi connectivity index (χ1) is 10.5. The molecule has 0 spiro atoms. The molecule has 1 unspecified atom stereocenters. The highest BCUT2D eigenvalue weighted by Gasteiger charge is 2.47. The predicted octanol–water partition coefficient (Wildman–Crippen LogP) is 2.31. The molecule has 1 aliphatic heterocycles. The third-order valence-corrected chi connectivity index (χ3v) is 5.47. The smallest absolute Gasteiger partial charge is 0.314 e. The van der Waals surface area contributed by atoms with Crippen LogP contribution in [0.2, 0.25) is 0 Å². The Hall–Kier alpha value is -1.85. The summed E-state index contributed by atoms with van der Waals surface area (Å²) in [7, 11) is 3.10. The minimum Gasteiger partial charge on any atom is -0.633 e. The van der Waals surface area contributed by atoms with E-state index in [1.807, 2.05) is 12.3 Å². The van der Waals surface area contributed by atoms with E-state index in [9.17, 15) is 10.0 Å². The molecule has 2 heterocycles. The minimum absolute atomic E-state index is 0.0187. The lowest BCUT2D eigenvalue weighted by atomic mass is 9.72. The van der Waals surface area contributed by atoms with Gasteiger partial charge in [0.15, 0.2) is 0 Å². The third kappa shape index (κ3) is 1.82. The molecule has 0 amide bonds. The van der Waals surface area contributed by atoms with E-state index in [1.165, 1.54) is 23.6 Å². The van der Waals surface area contributed by atoms with E-state index in [4.69, 9.17) is 4.74 Å². The van der Waals surface area contributed by atoms with Crippen molar-refractivity contribution in [3.8, 4) is 0 Å². The number of esters is 1. The van der Waals surface area contributed by atoms with Gasteiger partial charge in [-0.3, -0.25) is 4.79 Å². The van der Waals surface area contributed by atoms with Crippen molar-refractivity contribution in [2.45, 2.75) is 24.8 Å². The van der Waals surface area contributed by atoms with E-state index in [1.54, 1.807) is 7.05 Å². The van der Waals surface area contributed by atoms with E-state index in [0.29, 0.717) is 13.0 Å². The highest BCUT2D eigenvalue weighted by atomic mass is 16.5.